The number of urea groups is 1. The summed E-state index contributed by atoms with van der Waals surface area (Å²) in [6.45, 7) is 0.322. The van der Waals surface area contributed by atoms with Crippen molar-refractivity contribution in [2.45, 2.75) is 6.18 Å². The van der Waals surface area contributed by atoms with Gasteiger partial charge in [-0.1, -0.05) is 0 Å². The number of hydrogen-bond acceptors (Lipinski definition) is 4. The molecule has 0 aliphatic heterocycles. The van der Waals surface area contributed by atoms with E-state index in [2.05, 4.69) is 15.6 Å². The molecule has 2 amide bonds. The number of nitrogens with zero attached hydrogens (tertiary/aromatic N) is 3. The molecule has 0 saturated carbocycles. The Kier molecular flexibility index (Phi) is 5.35. The average molecular weight is 301 g/mol. The van der Waals surface area contributed by atoms with Crippen molar-refractivity contribution in [3.05, 3.63) is 23.4 Å². The largest absolute Gasteiger partial charge is 0.433 e. The number of carbonyl (C=O) groups is 1. The van der Waals surface area contributed by atoms with Crippen molar-refractivity contribution in [3.8, 4) is 6.07 Å². The highest BCUT2D eigenvalue weighted by Gasteiger charge is 2.33. The molecule has 1 aromatic rings. The van der Waals surface area contributed by atoms with Crippen LogP contribution >= 0.6 is 0 Å². The van der Waals surface area contributed by atoms with Gasteiger partial charge in [-0.3, -0.25) is 0 Å². The monoisotopic (exact) mass is 301 g/mol. The first kappa shape index (κ1) is 16.6. The number of nitrogens with one attached hydrogen (secondary N) is 2. The van der Waals surface area contributed by atoms with E-state index in [1.165, 1.54) is 4.90 Å². The molecule has 1 rings (SSSR count). The highest BCUT2D eigenvalue weighted by atomic mass is 19.4. The molecule has 2 N–H and O–H groups in total. The van der Waals surface area contributed by atoms with Crippen LogP contribution < -0.4 is 10.6 Å². The molecule has 1 heterocycles. The first-order chi connectivity index (χ1) is 9.75. The van der Waals surface area contributed by atoms with Gasteiger partial charge in [-0.15, -0.1) is 0 Å². The summed E-state index contributed by atoms with van der Waals surface area (Å²) in [6, 6.07) is 3.23. The van der Waals surface area contributed by atoms with Gasteiger partial charge in [0.15, 0.2) is 0 Å². The number of halogens is 3. The number of aromatic nitrogens is 1. The van der Waals surface area contributed by atoms with Crippen molar-refractivity contribution >= 4 is 11.8 Å². The minimum absolute atomic E-state index is 0.00179. The predicted octanol–water partition coefficient (Wildman–Crippen LogP) is 1.66. The number of carbonyl (C=O) groups excluding carboxylic acids is 1. The highest BCUT2D eigenvalue weighted by molar-refractivity contribution is 5.73. The zero-order valence-corrected chi connectivity index (χ0v) is 11.5. The van der Waals surface area contributed by atoms with Crippen molar-refractivity contribution in [1.29, 1.82) is 5.26 Å². The maximum absolute atomic E-state index is 12.6. The third-order valence-corrected chi connectivity index (χ3v) is 2.41. The third kappa shape index (κ3) is 4.83. The maximum Gasteiger partial charge on any atom is 0.433 e. The Bertz CT molecular complexity index is 551. The van der Waals surface area contributed by atoms with Crippen molar-refractivity contribution < 1.29 is 18.0 Å². The molecule has 0 aliphatic carbocycles. The topological polar surface area (TPSA) is 81.1 Å². The number of anilines is 1. The standard InChI is InChI=1S/C12H14F3N5O/c1-20(2)11(21)18-6-5-17-10-8(7-16)3-4-9(19-10)12(13,14)15/h3-4H,5-6H2,1-2H3,(H,17,19)(H,18,21). The van der Waals surface area contributed by atoms with E-state index in [0.717, 1.165) is 12.1 Å². The zero-order valence-electron chi connectivity index (χ0n) is 11.5. The van der Waals surface area contributed by atoms with Gasteiger partial charge < -0.3 is 15.5 Å². The number of nitriles is 1. The highest BCUT2D eigenvalue weighted by Crippen LogP contribution is 2.29. The fraction of sp³-hybridized carbons (Fsp3) is 0.417. The SMILES string of the molecule is CN(C)C(=O)NCCNc1nc(C(F)(F)F)ccc1C#N. The second kappa shape index (κ2) is 6.78. The molecule has 0 unspecified atom stereocenters. The summed E-state index contributed by atoms with van der Waals surface area (Å²) >= 11 is 0. The molecule has 0 saturated heterocycles. The van der Waals surface area contributed by atoms with Gasteiger partial charge in [0, 0.05) is 27.2 Å². The van der Waals surface area contributed by atoms with E-state index in [4.69, 9.17) is 5.26 Å². The summed E-state index contributed by atoms with van der Waals surface area (Å²) in [5, 5.41) is 14.0. The lowest BCUT2D eigenvalue weighted by Gasteiger charge is -2.13. The first-order valence-electron chi connectivity index (χ1n) is 5.93. The Balaban J connectivity index is 2.69. The molecule has 21 heavy (non-hydrogen) atoms. The summed E-state index contributed by atoms with van der Waals surface area (Å²) in [5.41, 5.74) is -1.08. The van der Waals surface area contributed by atoms with Crippen LogP contribution in [0.15, 0.2) is 12.1 Å². The third-order valence-electron chi connectivity index (χ3n) is 2.41. The van der Waals surface area contributed by atoms with Crippen LogP contribution in [0.2, 0.25) is 0 Å². The van der Waals surface area contributed by atoms with Gasteiger partial charge in [-0.05, 0) is 12.1 Å². The zero-order chi connectivity index (χ0) is 16.0. The number of amides is 2. The normalized spacial score (nSPS) is 10.7. The van der Waals surface area contributed by atoms with Crippen LogP contribution in [0.25, 0.3) is 0 Å². The molecular weight excluding hydrogens is 287 g/mol. The van der Waals surface area contributed by atoms with Crippen LogP contribution in [0.5, 0.6) is 0 Å². The van der Waals surface area contributed by atoms with Crippen LogP contribution in [-0.4, -0.2) is 43.1 Å². The summed E-state index contributed by atoms with van der Waals surface area (Å²) in [7, 11) is 3.12. The Hall–Kier alpha value is -2.50. The molecule has 0 bridgehead atoms. The van der Waals surface area contributed by atoms with E-state index < -0.39 is 11.9 Å². The van der Waals surface area contributed by atoms with Gasteiger partial charge in [-0.25, -0.2) is 9.78 Å². The fourth-order valence-corrected chi connectivity index (χ4v) is 1.35. The molecule has 9 heteroatoms. The van der Waals surface area contributed by atoms with Gasteiger partial charge in [0.25, 0.3) is 0 Å². The number of rotatable bonds is 4. The van der Waals surface area contributed by atoms with Crippen molar-refractivity contribution in [3.63, 3.8) is 0 Å². The molecule has 0 aromatic carbocycles. The number of pyridine rings is 1. The van der Waals surface area contributed by atoms with E-state index in [9.17, 15) is 18.0 Å². The lowest BCUT2D eigenvalue weighted by Crippen LogP contribution is -2.37. The molecule has 0 fully saturated rings. The Labute approximate surface area is 119 Å². The van der Waals surface area contributed by atoms with Crippen molar-refractivity contribution in [2.24, 2.45) is 0 Å². The molecule has 0 radical (unpaired) electrons. The maximum atomic E-state index is 12.6. The fourth-order valence-electron chi connectivity index (χ4n) is 1.35. The van der Waals surface area contributed by atoms with E-state index in [-0.39, 0.29) is 30.5 Å². The average Bonchev–Trinajstić information content (AvgIpc) is 2.41. The molecule has 1 aromatic heterocycles. The molecule has 0 aliphatic rings. The number of alkyl halides is 3. The molecule has 114 valence electrons. The molecular formula is C12H14F3N5O. The minimum atomic E-state index is -4.58. The van der Waals surface area contributed by atoms with Gasteiger partial charge in [0.05, 0.1) is 5.56 Å². The smallest absolute Gasteiger partial charge is 0.367 e. The van der Waals surface area contributed by atoms with Crippen LogP contribution in [0, 0.1) is 11.3 Å². The first-order valence-corrected chi connectivity index (χ1v) is 5.93. The second-order valence-electron chi connectivity index (χ2n) is 4.26. The van der Waals surface area contributed by atoms with Gasteiger partial charge in [0.1, 0.15) is 17.6 Å². The van der Waals surface area contributed by atoms with E-state index >= 15 is 0 Å². The van der Waals surface area contributed by atoms with Crippen molar-refractivity contribution in [2.75, 3.05) is 32.5 Å². The Morgan fingerprint density at radius 2 is 2.05 bits per heavy atom. The Morgan fingerprint density at radius 1 is 1.38 bits per heavy atom. The predicted molar refractivity (Wildman–Crippen MR) is 69.5 cm³/mol. The van der Waals surface area contributed by atoms with Gasteiger partial charge >= 0.3 is 12.2 Å². The molecule has 0 spiro atoms. The van der Waals surface area contributed by atoms with Crippen LogP contribution in [-0.2, 0) is 6.18 Å². The lowest BCUT2D eigenvalue weighted by molar-refractivity contribution is -0.141. The van der Waals surface area contributed by atoms with E-state index in [1.807, 2.05) is 0 Å². The van der Waals surface area contributed by atoms with Gasteiger partial charge in [0.2, 0.25) is 0 Å². The van der Waals surface area contributed by atoms with Crippen LogP contribution in [0.3, 0.4) is 0 Å². The van der Waals surface area contributed by atoms with E-state index in [0.29, 0.717) is 0 Å². The summed E-state index contributed by atoms with van der Waals surface area (Å²) in [6.07, 6.45) is -4.58. The quantitative estimate of drug-likeness (QED) is 0.829. The van der Waals surface area contributed by atoms with Crippen molar-refractivity contribution in [1.82, 2.24) is 15.2 Å². The van der Waals surface area contributed by atoms with E-state index in [1.54, 1.807) is 20.2 Å². The lowest BCUT2D eigenvalue weighted by atomic mass is 10.2. The summed E-state index contributed by atoms with van der Waals surface area (Å²) in [4.78, 5) is 15.9. The minimum Gasteiger partial charge on any atom is -0.367 e. The second-order valence-corrected chi connectivity index (χ2v) is 4.26. The van der Waals surface area contributed by atoms with Crippen LogP contribution in [0.4, 0.5) is 23.8 Å². The molecule has 0 atom stereocenters. The Morgan fingerprint density at radius 3 is 2.57 bits per heavy atom. The summed E-state index contributed by atoms with van der Waals surface area (Å²) in [5.74, 6) is -0.161. The summed E-state index contributed by atoms with van der Waals surface area (Å²) < 4.78 is 37.7. The van der Waals surface area contributed by atoms with Crippen LogP contribution in [0.1, 0.15) is 11.3 Å². The number of hydrogen-bond donors (Lipinski definition) is 2. The van der Waals surface area contributed by atoms with Gasteiger partial charge in [-0.2, -0.15) is 18.4 Å². The molecule has 6 nitrogen and oxygen atoms in total.